The molecule has 0 unspecified atom stereocenters. The lowest BCUT2D eigenvalue weighted by molar-refractivity contribution is -0.123. The molecule has 1 N–H and O–H groups in total. The molecule has 0 atom stereocenters. The van der Waals surface area contributed by atoms with Crippen LogP contribution in [0.5, 0.6) is 0 Å². The van der Waals surface area contributed by atoms with Crippen molar-refractivity contribution in [3.05, 3.63) is 70.0 Å². The lowest BCUT2D eigenvalue weighted by Gasteiger charge is -2.19. The fourth-order valence-electron chi connectivity index (χ4n) is 2.58. The van der Waals surface area contributed by atoms with Crippen LogP contribution in [0.25, 0.3) is 0 Å². The van der Waals surface area contributed by atoms with E-state index in [1.54, 1.807) is 4.90 Å². The summed E-state index contributed by atoms with van der Waals surface area (Å²) in [7, 11) is 0. The molecule has 2 aliphatic rings. The fraction of sp³-hybridized carbons (Fsp3) is 0.0556. The van der Waals surface area contributed by atoms with E-state index < -0.39 is 0 Å². The molecule has 0 radical (unpaired) electrons. The van der Waals surface area contributed by atoms with Gasteiger partial charge in [-0.3, -0.25) is 14.5 Å². The SMILES string of the molecule is O=C1Nc2ccccc2S/C1=C1/SC(=S)N(Cc2ccccc2)C1=O. The van der Waals surface area contributed by atoms with Crippen molar-refractivity contribution in [1.82, 2.24) is 4.90 Å². The van der Waals surface area contributed by atoms with Gasteiger partial charge in [-0.15, -0.1) is 0 Å². The highest BCUT2D eigenvalue weighted by Gasteiger charge is 2.37. The van der Waals surface area contributed by atoms with E-state index in [2.05, 4.69) is 5.32 Å². The molecule has 0 aromatic heterocycles. The predicted octanol–water partition coefficient (Wildman–Crippen LogP) is 4.00. The second-order valence-corrected chi connectivity index (χ2v) is 8.15. The van der Waals surface area contributed by atoms with Crippen molar-refractivity contribution in [2.45, 2.75) is 11.4 Å². The Balaban J connectivity index is 1.65. The summed E-state index contributed by atoms with van der Waals surface area (Å²) in [4.78, 5) is 28.6. The van der Waals surface area contributed by atoms with Gasteiger partial charge in [0.15, 0.2) is 0 Å². The van der Waals surface area contributed by atoms with E-state index >= 15 is 0 Å². The molecule has 2 aromatic carbocycles. The summed E-state index contributed by atoms with van der Waals surface area (Å²) in [6.07, 6.45) is 0. The molecule has 124 valence electrons. The Morgan fingerprint density at radius 1 is 0.920 bits per heavy atom. The van der Waals surface area contributed by atoms with Crippen LogP contribution in [0.4, 0.5) is 5.69 Å². The van der Waals surface area contributed by atoms with E-state index in [0.717, 1.165) is 16.1 Å². The van der Waals surface area contributed by atoms with Crippen LogP contribution in [-0.2, 0) is 16.1 Å². The number of para-hydroxylation sites is 1. The molecular weight excluding hydrogens is 372 g/mol. The Bertz CT molecular complexity index is 925. The highest BCUT2D eigenvalue weighted by atomic mass is 32.2. The van der Waals surface area contributed by atoms with E-state index in [1.807, 2.05) is 54.6 Å². The molecule has 0 aliphatic carbocycles. The van der Waals surface area contributed by atoms with Crippen LogP contribution in [0.2, 0.25) is 0 Å². The number of nitrogens with one attached hydrogen (secondary N) is 1. The number of thioether (sulfide) groups is 2. The molecule has 0 bridgehead atoms. The van der Waals surface area contributed by atoms with Crippen LogP contribution in [0.3, 0.4) is 0 Å². The molecule has 2 aliphatic heterocycles. The average molecular weight is 385 g/mol. The Morgan fingerprint density at radius 3 is 2.44 bits per heavy atom. The minimum absolute atomic E-state index is 0.212. The Hall–Kier alpha value is -2.09. The number of fused-ring (bicyclic) bond motifs is 1. The van der Waals surface area contributed by atoms with E-state index in [0.29, 0.717) is 20.7 Å². The third-order valence-electron chi connectivity index (χ3n) is 3.79. The Labute approximate surface area is 158 Å². The lowest BCUT2D eigenvalue weighted by Crippen LogP contribution is -2.28. The first-order chi connectivity index (χ1) is 12.1. The van der Waals surface area contributed by atoms with E-state index in [-0.39, 0.29) is 11.8 Å². The van der Waals surface area contributed by atoms with Crippen molar-refractivity contribution in [3.63, 3.8) is 0 Å². The summed E-state index contributed by atoms with van der Waals surface area (Å²) < 4.78 is 0.476. The van der Waals surface area contributed by atoms with Gasteiger partial charge in [-0.1, -0.05) is 78.2 Å². The van der Waals surface area contributed by atoms with Gasteiger partial charge in [0, 0.05) is 4.90 Å². The molecule has 25 heavy (non-hydrogen) atoms. The van der Waals surface area contributed by atoms with Gasteiger partial charge in [-0.2, -0.15) is 0 Å². The molecule has 1 saturated heterocycles. The standard InChI is InChI=1S/C18H12N2O2S3/c21-16-14(24-13-9-5-4-8-12(13)19-16)15-17(22)20(18(23)25-15)10-11-6-2-1-3-7-11/h1-9H,10H2,(H,19,21)/b15-14+. The summed E-state index contributed by atoms with van der Waals surface area (Å²) >= 11 is 7.88. The average Bonchev–Trinajstić information content (AvgIpc) is 2.90. The van der Waals surface area contributed by atoms with E-state index in [4.69, 9.17) is 12.2 Å². The van der Waals surface area contributed by atoms with Crippen LogP contribution < -0.4 is 5.32 Å². The van der Waals surface area contributed by atoms with Crippen LogP contribution in [-0.4, -0.2) is 21.0 Å². The molecule has 4 rings (SSSR count). The molecule has 2 aromatic rings. The smallest absolute Gasteiger partial charge is 0.267 e. The highest BCUT2D eigenvalue weighted by molar-refractivity contribution is 8.27. The number of benzene rings is 2. The number of hydrogen-bond acceptors (Lipinski definition) is 5. The molecule has 2 heterocycles. The molecule has 4 nitrogen and oxygen atoms in total. The molecule has 1 fully saturated rings. The maximum absolute atomic E-state index is 12.8. The highest BCUT2D eigenvalue weighted by Crippen LogP contribution is 2.44. The van der Waals surface area contributed by atoms with Crippen LogP contribution in [0, 0.1) is 0 Å². The molecule has 7 heteroatoms. The van der Waals surface area contributed by atoms with Gasteiger partial charge in [-0.25, -0.2) is 0 Å². The van der Waals surface area contributed by atoms with Crippen molar-refractivity contribution in [2.24, 2.45) is 0 Å². The second-order valence-electron chi connectivity index (χ2n) is 5.46. The zero-order valence-corrected chi connectivity index (χ0v) is 15.3. The normalized spacial score (nSPS) is 19.8. The van der Waals surface area contributed by atoms with Crippen molar-refractivity contribution >= 4 is 57.6 Å². The first-order valence-corrected chi connectivity index (χ1v) is 9.58. The maximum Gasteiger partial charge on any atom is 0.267 e. The Kier molecular flexibility index (Phi) is 4.37. The van der Waals surface area contributed by atoms with Crippen molar-refractivity contribution in [2.75, 3.05) is 5.32 Å². The number of carbonyl (C=O) groups is 2. The zero-order chi connectivity index (χ0) is 17.4. The van der Waals surface area contributed by atoms with Crippen molar-refractivity contribution < 1.29 is 9.59 Å². The number of hydrogen-bond donors (Lipinski definition) is 1. The number of anilines is 1. The van der Waals surface area contributed by atoms with Gasteiger partial charge in [0.2, 0.25) is 0 Å². The monoisotopic (exact) mass is 384 g/mol. The number of rotatable bonds is 2. The predicted molar refractivity (Wildman–Crippen MR) is 105 cm³/mol. The largest absolute Gasteiger partial charge is 0.320 e. The summed E-state index contributed by atoms with van der Waals surface area (Å²) in [5.41, 5.74) is 1.76. The third kappa shape index (κ3) is 3.10. The van der Waals surface area contributed by atoms with E-state index in [9.17, 15) is 9.59 Å². The lowest BCUT2D eigenvalue weighted by atomic mass is 10.2. The summed E-state index contributed by atoms with van der Waals surface area (Å²) in [6.45, 7) is 0.408. The number of amides is 2. The van der Waals surface area contributed by atoms with Gasteiger partial charge < -0.3 is 5.32 Å². The van der Waals surface area contributed by atoms with Crippen LogP contribution in [0.1, 0.15) is 5.56 Å². The van der Waals surface area contributed by atoms with Gasteiger partial charge in [0.25, 0.3) is 11.8 Å². The van der Waals surface area contributed by atoms with Gasteiger partial charge in [0.05, 0.1) is 22.0 Å². The molecule has 0 spiro atoms. The van der Waals surface area contributed by atoms with Crippen molar-refractivity contribution in [3.8, 4) is 0 Å². The van der Waals surface area contributed by atoms with Gasteiger partial charge in [0.1, 0.15) is 4.32 Å². The van der Waals surface area contributed by atoms with E-state index in [1.165, 1.54) is 23.5 Å². The summed E-state index contributed by atoms with van der Waals surface area (Å²) in [6, 6.07) is 17.2. The second kappa shape index (κ2) is 6.67. The minimum atomic E-state index is -0.260. The molecule has 0 saturated carbocycles. The topological polar surface area (TPSA) is 49.4 Å². The molecular formula is C18H12N2O2S3. The van der Waals surface area contributed by atoms with Crippen LogP contribution in [0.15, 0.2) is 69.3 Å². The number of thiocarbonyl (C=S) groups is 1. The fourth-order valence-corrected chi connectivity index (χ4v) is 4.96. The quantitative estimate of drug-likeness (QED) is 0.626. The number of nitrogens with zero attached hydrogens (tertiary/aromatic N) is 1. The maximum atomic E-state index is 12.8. The number of carbonyl (C=O) groups excluding carboxylic acids is 2. The van der Waals surface area contributed by atoms with Gasteiger partial charge in [-0.05, 0) is 17.7 Å². The minimum Gasteiger partial charge on any atom is -0.320 e. The van der Waals surface area contributed by atoms with Gasteiger partial charge >= 0.3 is 0 Å². The third-order valence-corrected chi connectivity index (χ3v) is 6.54. The van der Waals surface area contributed by atoms with Crippen molar-refractivity contribution in [1.29, 1.82) is 0 Å². The zero-order valence-electron chi connectivity index (χ0n) is 12.9. The molecule has 2 amide bonds. The summed E-state index contributed by atoms with van der Waals surface area (Å²) in [5, 5.41) is 2.84. The first-order valence-electron chi connectivity index (χ1n) is 7.53. The summed E-state index contributed by atoms with van der Waals surface area (Å²) in [5.74, 6) is -0.472. The van der Waals surface area contributed by atoms with Crippen LogP contribution >= 0.6 is 35.7 Å². The Morgan fingerprint density at radius 2 is 1.64 bits per heavy atom. The first kappa shape index (κ1) is 16.4.